The predicted octanol–water partition coefficient (Wildman–Crippen LogP) is 4.43. The molecule has 0 aliphatic heterocycles. The largest absolute Gasteiger partial charge is 0.411 e. The number of rotatable bonds is 3. The second-order valence-electron chi connectivity index (χ2n) is 5.63. The van der Waals surface area contributed by atoms with Crippen molar-refractivity contribution < 1.29 is 10.1 Å². The molecule has 6 heteroatoms. The van der Waals surface area contributed by atoms with E-state index >= 15 is 0 Å². The van der Waals surface area contributed by atoms with Crippen molar-refractivity contribution in [3.8, 4) is 0 Å². The van der Waals surface area contributed by atoms with Crippen molar-refractivity contribution in [1.29, 1.82) is 0 Å². The van der Waals surface area contributed by atoms with Gasteiger partial charge in [0.25, 0.3) is 5.69 Å². The molecule has 0 amide bonds. The lowest BCUT2D eigenvalue weighted by Crippen LogP contribution is -1.98. The van der Waals surface area contributed by atoms with Gasteiger partial charge in [0.1, 0.15) is 0 Å². The first-order valence-corrected chi connectivity index (χ1v) is 7.39. The summed E-state index contributed by atoms with van der Waals surface area (Å²) < 4.78 is 0. The minimum absolute atomic E-state index is 0.118. The highest BCUT2D eigenvalue weighted by molar-refractivity contribution is 6.13. The van der Waals surface area contributed by atoms with E-state index in [0.29, 0.717) is 17.7 Å². The number of oxime groups is 1. The maximum Gasteiger partial charge on any atom is 0.273 e. The minimum Gasteiger partial charge on any atom is -0.411 e. The Labute approximate surface area is 132 Å². The third-order valence-corrected chi connectivity index (χ3v) is 4.29. The normalized spacial score (nSPS) is 12.2. The number of aryl methyl sites for hydroxylation is 2. The first-order chi connectivity index (χ1) is 11.0. The molecule has 0 saturated heterocycles. The van der Waals surface area contributed by atoms with Crippen molar-refractivity contribution in [2.24, 2.45) is 5.16 Å². The highest BCUT2D eigenvalue weighted by Crippen LogP contribution is 2.35. The molecule has 2 aromatic carbocycles. The van der Waals surface area contributed by atoms with Crippen LogP contribution in [0.15, 0.2) is 29.4 Å². The Morgan fingerprint density at radius 2 is 2.09 bits per heavy atom. The molecule has 6 nitrogen and oxygen atoms in total. The number of hydrogen-bond donors (Lipinski definition) is 2. The number of aromatic amines is 1. The van der Waals surface area contributed by atoms with Gasteiger partial charge in [-0.25, -0.2) is 0 Å². The van der Waals surface area contributed by atoms with Crippen LogP contribution >= 0.6 is 0 Å². The average Bonchev–Trinajstić information content (AvgIpc) is 2.91. The summed E-state index contributed by atoms with van der Waals surface area (Å²) in [6, 6.07) is 7.31. The number of nitro groups is 1. The van der Waals surface area contributed by atoms with Gasteiger partial charge < -0.3 is 10.2 Å². The molecule has 0 saturated carbocycles. The number of aromatic nitrogens is 1. The van der Waals surface area contributed by atoms with Crippen LogP contribution in [0.5, 0.6) is 0 Å². The zero-order valence-corrected chi connectivity index (χ0v) is 13.2. The fourth-order valence-electron chi connectivity index (χ4n) is 3.09. The van der Waals surface area contributed by atoms with Gasteiger partial charge >= 0.3 is 0 Å². The Balaban J connectivity index is 2.43. The maximum absolute atomic E-state index is 11.3. The summed E-state index contributed by atoms with van der Waals surface area (Å²) in [7, 11) is 0. The third-order valence-electron chi connectivity index (χ3n) is 4.29. The first-order valence-electron chi connectivity index (χ1n) is 7.39. The number of nitrogens with one attached hydrogen (secondary N) is 1. The van der Waals surface area contributed by atoms with Gasteiger partial charge in [-0.3, -0.25) is 10.1 Å². The van der Waals surface area contributed by atoms with Gasteiger partial charge in [-0.05, 0) is 38.0 Å². The van der Waals surface area contributed by atoms with E-state index < -0.39 is 0 Å². The average molecular weight is 311 g/mol. The fraction of sp³-hybridized carbons (Fsp3) is 0.235. The fourth-order valence-corrected chi connectivity index (χ4v) is 3.09. The van der Waals surface area contributed by atoms with Crippen molar-refractivity contribution >= 4 is 33.2 Å². The lowest BCUT2D eigenvalue weighted by Gasteiger charge is -2.04. The highest BCUT2D eigenvalue weighted by atomic mass is 16.6. The van der Waals surface area contributed by atoms with E-state index in [4.69, 9.17) is 5.21 Å². The number of H-pyrrole nitrogens is 1. The van der Waals surface area contributed by atoms with Crippen LogP contribution in [-0.2, 0) is 0 Å². The van der Waals surface area contributed by atoms with Crippen LogP contribution in [-0.4, -0.2) is 20.8 Å². The van der Waals surface area contributed by atoms with E-state index in [1.165, 1.54) is 0 Å². The Morgan fingerprint density at radius 1 is 1.35 bits per heavy atom. The molecule has 0 unspecified atom stereocenters. The van der Waals surface area contributed by atoms with E-state index in [1.807, 2.05) is 32.0 Å². The molecule has 1 heterocycles. The van der Waals surface area contributed by atoms with Gasteiger partial charge in [-0.1, -0.05) is 18.1 Å². The molecule has 0 bridgehead atoms. The molecule has 3 aromatic rings. The van der Waals surface area contributed by atoms with Gasteiger partial charge in [0.15, 0.2) is 0 Å². The van der Waals surface area contributed by atoms with Crippen molar-refractivity contribution in [2.45, 2.75) is 27.2 Å². The van der Waals surface area contributed by atoms with Crippen molar-refractivity contribution in [3.05, 3.63) is 51.1 Å². The lowest BCUT2D eigenvalue weighted by molar-refractivity contribution is -0.385. The molecule has 0 aliphatic carbocycles. The molecular formula is C17H17N3O3. The Morgan fingerprint density at radius 3 is 2.70 bits per heavy atom. The Hall–Kier alpha value is -2.89. The molecule has 0 aliphatic rings. The Bertz CT molecular complexity index is 970. The summed E-state index contributed by atoms with van der Waals surface area (Å²) in [6.45, 7) is 5.53. The summed E-state index contributed by atoms with van der Waals surface area (Å²) >= 11 is 0. The predicted molar refractivity (Wildman–Crippen MR) is 90.5 cm³/mol. The summed E-state index contributed by atoms with van der Waals surface area (Å²) in [5.41, 5.74) is 4.79. The molecule has 0 radical (unpaired) electrons. The highest BCUT2D eigenvalue weighted by Gasteiger charge is 2.19. The quantitative estimate of drug-likeness (QED) is 0.324. The number of nitrogens with zero attached hydrogens (tertiary/aromatic N) is 2. The smallest absolute Gasteiger partial charge is 0.273 e. The zero-order chi connectivity index (χ0) is 16.7. The second-order valence-corrected chi connectivity index (χ2v) is 5.63. The van der Waals surface area contributed by atoms with Crippen LogP contribution in [0.4, 0.5) is 5.69 Å². The van der Waals surface area contributed by atoms with E-state index in [1.54, 1.807) is 13.0 Å². The summed E-state index contributed by atoms with van der Waals surface area (Å²) in [6.07, 6.45) is 0.600. The monoisotopic (exact) mass is 311 g/mol. The number of fused-ring (bicyclic) bond motifs is 3. The number of hydrogen-bond acceptors (Lipinski definition) is 4. The van der Waals surface area contributed by atoms with Crippen LogP contribution < -0.4 is 0 Å². The third kappa shape index (κ3) is 2.23. The SMILES string of the molecule is CC/C(=N/O)c1ccc2[nH]c3c(C)cc([N+](=O)[O-])c(C)c3c2c1. The molecule has 0 atom stereocenters. The van der Waals surface area contributed by atoms with E-state index in [-0.39, 0.29) is 10.6 Å². The molecule has 23 heavy (non-hydrogen) atoms. The molecule has 118 valence electrons. The van der Waals surface area contributed by atoms with Gasteiger partial charge in [-0.2, -0.15) is 0 Å². The molecule has 0 fully saturated rings. The Kier molecular flexibility index (Phi) is 3.52. The van der Waals surface area contributed by atoms with Crippen molar-refractivity contribution in [2.75, 3.05) is 0 Å². The van der Waals surface area contributed by atoms with E-state index in [0.717, 1.165) is 32.9 Å². The minimum atomic E-state index is -0.350. The lowest BCUT2D eigenvalue weighted by atomic mass is 10.00. The molecule has 1 aromatic heterocycles. The van der Waals surface area contributed by atoms with Gasteiger partial charge in [0.05, 0.1) is 16.2 Å². The number of nitro benzene ring substituents is 1. The standard InChI is InChI=1S/C17H17N3O3/c1-4-13(19-21)11-5-6-14-12(8-11)16-10(3)15(20(22)23)7-9(2)17(16)18-14/h5-8,18,21H,4H2,1-3H3/b19-13-. The molecular weight excluding hydrogens is 294 g/mol. The van der Waals surface area contributed by atoms with Gasteiger partial charge in [0, 0.05) is 33.5 Å². The second kappa shape index (κ2) is 5.39. The summed E-state index contributed by atoms with van der Waals surface area (Å²) in [4.78, 5) is 14.3. The van der Waals surface area contributed by atoms with Crippen LogP contribution in [0.2, 0.25) is 0 Å². The maximum atomic E-state index is 11.3. The van der Waals surface area contributed by atoms with Crippen molar-refractivity contribution in [3.63, 3.8) is 0 Å². The van der Waals surface area contributed by atoms with Gasteiger partial charge in [-0.15, -0.1) is 0 Å². The van der Waals surface area contributed by atoms with Crippen LogP contribution in [0, 0.1) is 24.0 Å². The van der Waals surface area contributed by atoms with E-state index in [9.17, 15) is 10.1 Å². The van der Waals surface area contributed by atoms with Crippen LogP contribution in [0.25, 0.3) is 21.8 Å². The summed E-state index contributed by atoms with van der Waals surface area (Å²) in [5.74, 6) is 0. The molecule has 2 N–H and O–H groups in total. The number of benzene rings is 2. The molecule has 3 rings (SSSR count). The zero-order valence-electron chi connectivity index (χ0n) is 13.2. The first kappa shape index (κ1) is 15.0. The van der Waals surface area contributed by atoms with Crippen molar-refractivity contribution in [1.82, 2.24) is 4.98 Å². The topological polar surface area (TPSA) is 91.5 Å². The van der Waals surface area contributed by atoms with E-state index in [2.05, 4.69) is 10.1 Å². The van der Waals surface area contributed by atoms with Crippen LogP contribution in [0.1, 0.15) is 30.0 Å². The van der Waals surface area contributed by atoms with Gasteiger partial charge in [0.2, 0.25) is 0 Å². The molecule has 0 spiro atoms. The van der Waals surface area contributed by atoms with Crippen LogP contribution in [0.3, 0.4) is 0 Å². The summed E-state index contributed by atoms with van der Waals surface area (Å²) in [5, 5.41) is 25.5.